The number of halogens is 1. The number of hydrogen-bond donors (Lipinski definition) is 1. The second-order valence-electron chi connectivity index (χ2n) is 2.86. The summed E-state index contributed by atoms with van der Waals surface area (Å²) in [7, 11) is 3.00. The monoisotopic (exact) mass is 199 g/mol. The number of hydrogen-bond acceptors (Lipinski definition) is 3. The van der Waals surface area contributed by atoms with Gasteiger partial charge < -0.3 is 15.2 Å². The molecule has 4 heteroatoms. The van der Waals surface area contributed by atoms with Crippen molar-refractivity contribution in [1.29, 1.82) is 0 Å². The Morgan fingerprint density at radius 1 is 1.36 bits per heavy atom. The maximum atomic E-state index is 13.3. The molecular weight excluding hydrogens is 185 g/mol. The Balaban J connectivity index is 3.20. The molecule has 3 nitrogen and oxygen atoms in total. The van der Waals surface area contributed by atoms with Crippen LogP contribution in [0.25, 0.3) is 0 Å². The Morgan fingerprint density at radius 2 is 2.07 bits per heavy atom. The largest absolute Gasteiger partial charge is 0.496 e. The van der Waals surface area contributed by atoms with Crippen LogP contribution in [0.4, 0.5) is 4.39 Å². The number of nitrogens with two attached hydrogens (primary N) is 1. The average molecular weight is 199 g/mol. The van der Waals surface area contributed by atoms with E-state index in [-0.39, 0.29) is 12.4 Å². The average Bonchev–Trinajstić information content (AvgIpc) is 2.21. The van der Waals surface area contributed by atoms with Crippen molar-refractivity contribution >= 4 is 0 Å². The lowest BCUT2D eigenvalue weighted by molar-refractivity contribution is 0.177. The highest BCUT2D eigenvalue weighted by Crippen LogP contribution is 2.26. The van der Waals surface area contributed by atoms with Gasteiger partial charge in [0.2, 0.25) is 0 Å². The third-order valence-electron chi connectivity index (χ3n) is 2.00. The van der Waals surface area contributed by atoms with E-state index in [1.54, 1.807) is 6.07 Å². The Bertz CT molecular complexity index is 315. The predicted molar refractivity (Wildman–Crippen MR) is 51.6 cm³/mol. The summed E-state index contributed by atoms with van der Waals surface area (Å²) in [6, 6.07) is 2.99. The van der Waals surface area contributed by atoms with Crippen LogP contribution in [-0.4, -0.2) is 14.2 Å². The number of benzene rings is 1. The first-order valence-electron chi connectivity index (χ1n) is 4.27. The van der Waals surface area contributed by atoms with Gasteiger partial charge in [-0.15, -0.1) is 0 Å². The molecule has 1 aromatic rings. The molecule has 1 rings (SSSR count). The maximum Gasteiger partial charge on any atom is 0.132 e. The van der Waals surface area contributed by atoms with Gasteiger partial charge in [0.25, 0.3) is 0 Å². The van der Waals surface area contributed by atoms with Crippen molar-refractivity contribution in [2.75, 3.05) is 14.2 Å². The topological polar surface area (TPSA) is 44.5 Å². The fraction of sp³-hybridized carbons (Fsp3) is 0.400. The van der Waals surface area contributed by atoms with Gasteiger partial charge in [0, 0.05) is 19.2 Å². The SMILES string of the molecule is COCc1c(F)ccc(CN)c1OC. The standard InChI is InChI=1S/C10H14FNO2/c1-13-6-8-9(11)4-3-7(5-12)10(8)14-2/h3-4H,5-6,12H2,1-2H3. The van der Waals surface area contributed by atoms with E-state index < -0.39 is 0 Å². The molecule has 0 unspecified atom stereocenters. The van der Waals surface area contributed by atoms with E-state index in [4.69, 9.17) is 15.2 Å². The van der Waals surface area contributed by atoms with Gasteiger partial charge in [0.1, 0.15) is 11.6 Å². The first-order valence-corrected chi connectivity index (χ1v) is 4.27. The molecule has 78 valence electrons. The summed E-state index contributed by atoms with van der Waals surface area (Å²) < 4.78 is 23.3. The molecule has 0 fully saturated rings. The van der Waals surface area contributed by atoms with Gasteiger partial charge in [-0.1, -0.05) is 6.07 Å². The summed E-state index contributed by atoms with van der Waals surface area (Å²) in [5.41, 5.74) is 6.69. The smallest absolute Gasteiger partial charge is 0.132 e. The molecule has 0 bridgehead atoms. The first kappa shape index (κ1) is 10.9. The third-order valence-corrected chi connectivity index (χ3v) is 2.00. The molecule has 0 amide bonds. The highest BCUT2D eigenvalue weighted by molar-refractivity contribution is 5.42. The van der Waals surface area contributed by atoms with Crippen molar-refractivity contribution in [3.63, 3.8) is 0 Å². The fourth-order valence-electron chi connectivity index (χ4n) is 1.35. The zero-order chi connectivity index (χ0) is 10.6. The van der Waals surface area contributed by atoms with E-state index in [0.717, 1.165) is 5.56 Å². The van der Waals surface area contributed by atoms with Crippen LogP contribution in [0.3, 0.4) is 0 Å². The van der Waals surface area contributed by atoms with Crippen LogP contribution in [0.15, 0.2) is 12.1 Å². The maximum absolute atomic E-state index is 13.3. The molecule has 0 saturated carbocycles. The molecule has 0 radical (unpaired) electrons. The van der Waals surface area contributed by atoms with E-state index in [1.807, 2.05) is 0 Å². The summed E-state index contributed by atoms with van der Waals surface area (Å²) in [6.07, 6.45) is 0. The van der Waals surface area contributed by atoms with E-state index in [1.165, 1.54) is 20.3 Å². The van der Waals surface area contributed by atoms with Crippen molar-refractivity contribution in [3.8, 4) is 5.75 Å². The van der Waals surface area contributed by atoms with Crippen LogP contribution in [0.2, 0.25) is 0 Å². The molecular formula is C10H14FNO2. The van der Waals surface area contributed by atoms with Crippen molar-refractivity contribution < 1.29 is 13.9 Å². The molecule has 0 atom stereocenters. The van der Waals surface area contributed by atoms with Crippen LogP contribution < -0.4 is 10.5 Å². The zero-order valence-electron chi connectivity index (χ0n) is 8.34. The molecule has 14 heavy (non-hydrogen) atoms. The van der Waals surface area contributed by atoms with Gasteiger partial charge in [-0.2, -0.15) is 0 Å². The van der Waals surface area contributed by atoms with Gasteiger partial charge >= 0.3 is 0 Å². The van der Waals surface area contributed by atoms with Gasteiger partial charge in [-0.3, -0.25) is 0 Å². The minimum atomic E-state index is -0.332. The molecule has 1 aromatic carbocycles. The van der Waals surface area contributed by atoms with Gasteiger partial charge in [0.15, 0.2) is 0 Å². The molecule has 0 aliphatic heterocycles. The first-order chi connectivity index (χ1) is 6.74. The lowest BCUT2D eigenvalue weighted by atomic mass is 10.1. The summed E-state index contributed by atoms with van der Waals surface area (Å²) in [4.78, 5) is 0. The number of methoxy groups -OCH3 is 2. The Labute approximate surface area is 82.6 Å². The summed E-state index contributed by atoms with van der Waals surface area (Å²) >= 11 is 0. The predicted octanol–water partition coefficient (Wildman–Crippen LogP) is 1.44. The second kappa shape index (κ2) is 4.93. The van der Waals surface area contributed by atoms with Crippen LogP contribution in [0.1, 0.15) is 11.1 Å². The van der Waals surface area contributed by atoms with Gasteiger partial charge in [0.05, 0.1) is 19.3 Å². The molecule has 0 spiro atoms. The molecule has 0 aromatic heterocycles. The molecule has 0 aliphatic rings. The quantitative estimate of drug-likeness (QED) is 0.798. The molecule has 0 aliphatic carbocycles. The summed E-state index contributed by atoms with van der Waals surface area (Å²) in [6.45, 7) is 0.503. The molecule has 0 saturated heterocycles. The highest BCUT2D eigenvalue weighted by atomic mass is 19.1. The second-order valence-corrected chi connectivity index (χ2v) is 2.86. The number of rotatable bonds is 4. The van der Waals surface area contributed by atoms with Crippen LogP contribution in [0, 0.1) is 5.82 Å². The molecule has 0 heterocycles. The summed E-state index contributed by atoms with van der Waals surface area (Å²) in [5, 5.41) is 0. The van der Waals surface area contributed by atoms with Crippen molar-refractivity contribution in [2.24, 2.45) is 5.73 Å². The van der Waals surface area contributed by atoms with E-state index >= 15 is 0 Å². The van der Waals surface area contributed by atoms with E-state index in [9.17, 15) is 4.39 Å². The molecule has 2 N–H and O–H groups in total. The van der Waals surface area contributed by atoms with E-state index in [2.05, 4.69) is 0 Å². The lowest BCUT2D eigenvalue weighted by Crippen LogP contribution is -2.05. The normalized spacial score (nSPS) is 10.3. The Hall–Kier alpha value is -1.13. The van der Waals surface area contributed by atoms with E-state index in [0.29, 0.717) is 17.9 Å². The lowest BCUT2D eigenvalue weighted by Gasteiger charge is -2.12. The Kier molecular flexibility index (Phi) is 3.85. The third kappa shape index (κ3) is 2.02. The fourth-order valence-corrected chi connectivity index (χ4v) is 1.35. The van der Waals surface area contributed by atoms with Crippen molar-refractivity contribution in [3.05, 3.63) is 29.1 Å². The zero-order valence-corrected chi connectivity index (χ0v) is 8.34. The Morgan fingerprint density at radius 3 is 2.57 bits per heavy atom. The van der Waals surface area contributed by atoms with Gasteiger partial charge in [-0.25, -0.2) is 4.39 Å². The van der Waals surface area contributed by atoms with Crippen molar-refractivity contribution in [1.82, 2.24) is 0 Å². The van der Waals surface area contributed by atoms with Crippen molar-refractivity contribution in [2.45, 2.75) is 13.2 Å². The summed E-state index contributed by atoms with van der Waals surface area (Å²) in [5.74, 6) is 0.148. The van der Waals surface area contributed by atoms with Crippen LogP contribution in [-0.2, 0) is 17.9 Å². The van der Waals surface area contributed by atoms with Gasteiger partial charge in [-0.05, 0) is 6.07 Å². The van der Waals surface area contributed by atoms with Crippen LogP contribution >= 0.6 is 0 Å². The minimum Gasteiger partial charge on any atom is -0.496 e. The minimum absolute atomic E-state index is 0.183. The van der Waals surface area contributed by atoms with Crippen LogP contribution in [0.5, 0.6) is 5.75 Å². The number of ether oxygens (including phenoxy) is 2. The highest BCUT2D eigenvalue weighted by Gasteiger charge is 2.12.